The Labute approximate surface area is 194 Å². The summed E-state index contributed by atoms with van der Waals surface area (Å²) in [6.07, 6.45) is -3.83. The van der Waals surface area contributed by atoms with E-state index in [0.29, 0.717) is 24.6 Å². The zero-order valence-corrected chi connectivity index (χ0v) is 18.1. The van der Waals surface area contributed by atoms with E-state index < -0.39 is 35.6 Å². The number of nitrogens with zero attached hydrogens (tertiary/aromatic N) is 3. The van der Waals surface area contributed by atoms with Crippen LogP contribution in [0.25, 0.3) is 10.9 Å². The van der Waals surface area contributed by atoms with Crippen molar-refractivity contribution in [3.05, 3.63) is 53.4 Å². The quantitative estimate of drug-likeness (QED) is 0.519. The van der Waals surface area contributed by atoms with Crippen LogP contribution in [0.4, 0.5) is 22.0 Å². The van der Waals surface area contributed by atoms with Gasteiger partial charge in [-0.2, -0.15) is 0 Å². The topological polar surface area (TPSA) is 99.4 Å². The first-order chi connectivity index (χ1) is 16.6. The fraction of sp³-hybridized carbons (Fsp3) is 0.455. The molecular weight excluding hydrogens is 479 g/mol. The third-order valence-electron chi connectivity index (χ3n) is 6.15. The first-order valence-corrected chi connectivity index (χ1v) is 10.9. The van der Waals surface area contributed by atoms with E-state index in [1.807, 2.05) is 0 Å². The van der Waals surface area contributed by atoms with Crippen molar-refractivity contribution in [3.8, 4) is 0 Å². The number of nitrogens with one attached hydrogen (secondary N) is 1. The molecule has 3 aromatic rings. The first kappa shape index (κ1) is 23.5. The summed E-state index contributed by atoms with van der Waals surface area (Å²) < 4.78 is 80.7. The van der Waals surface area contributed by atoms with Gasteiger partial charge < -0.3 is 14.5 Å². The van der Waals surface area contributed by atoms with Crippen LogP contribution in [0, 0.1) is 11.6 Å². The minimum absolute atomic E-state index is 0.0302. The summed E-state index contributed by atoms with van der Waals surface area (Å²) in [6.45, 7) is 0.0890. The second-order valence-electron chi connectivity index (χ2n) is 8.57. The molecule has 1 N–H and O–H groups in total. The first-order valence-electron chi connectivity index (χ1n) is 10.9. The van der Waals surface area contributed by atoms with Gasteiger partial charge in [0.2, 0.25) is 11.8 Å². The van der Waals surface area contributed by atoms with E-state index in [0.717, 1.165) is 12.1 Å². The summed E-state index contributed by atoms with van der Waals surface area (Å²) in [6, 6.07) is 4.41. The number of carbonyl (C=O) groups is 1. The van der Waals surface area contributed by atoms with Crippen molar-refractivity contribution in [1.82, 2.24) is 20.5 Å². The molecule has 1 saturated heterocycles. The van der Waals surface area contributed by atoms with Crippen molar-refractivity contribution < 1.29 is 40.6 Å². The minimum Gasteiger partial charge on any atom is -0.419 e. The average Bonchev–Trinajstić information content (AvgIpc) is 3.27. The van der Waals surface area contributed by atoms with Crippen LogP contribution in [0.3, 0.4) is 0 Å². The van der Waals surface area contributed by atoms with Crippen molar-refractivity contribution in [1.29, 1.82) is 0 Å². The molecule has 2 aromatic heterocycles. The number of carbonyl (C=O) groups excluding carboxylic acids is 1. The summed E-state index contributed by atoms with van der Waals surface area (Å²) in [4.78, 5) is 16.7. The van der Waals surface area contributed by atoms with Gasteiger partial charge in [0.25, 0.3) is 5.91 Å². The number of fused-ring (bicyclic) bond motifs is 1. The van der Waals surface area contributed by atoms with E-state index in [9.17, 15) is 26.7 Å². The van der Waals surface area contributed by atoms with Gasteiger partial charge in [-0.3, -0.25) is 9.53 Å². The Balaban J connectivity index is 1.19. The van der Waals surface area contributed by atoms with Crippen molar-refractivity contribution in [2.24, 2.45) is 0 Å². The smallest absolute Gasteiger partial charge is 0.419 e. The number of ether oxygens (including phenoxy) is 2. The van der Waals surface area contributed by atoms with Crippen LogP contribution >= 0.6 is 0 Å². The number of rotatable bonds is 5. The number of amides is 1. The molecule has 2 aliphatic rings. The molecule has 0 radical (unpaired) electrons. The van der Waals surface area contributed by atoms with Crippen LogP contribution in [0.5, 0.6) is 0 Å². The van der Waals surface area contributed by atoms with Gasteiger partial charge in [-0.25, -0.2) is 13.8 Å². The predicted molar refractivity (Wildman–Crippen MR) is 108 cm³/mol. The molecule has 0 spiro atoms. The highest BCUT2D eigenvalue weighted by Crippen LogP contribution is 2.48. The summed E-state index contributed by atoms with van der Waals surface area (Å²) in [5, 5.41) is 10.7. The number of alkyl halides is 3. The number of pyridine rings is 1. The van der Waals surface area contributed by atoms with Crippen molar-refractivity contribution in [2.45, 2.75) is 56.2 Å². The number of aromatic nitrogens is 3. The molecule has 35 heavy (non-hydrogen) atoms. The van der Waals surface area contributed by atoms with Crippen LogP contribution in [-0.4, -0.2) is 40.1 Å². The van der Waals surface area contributed by atoms with Crippen molar-refractivity contribution >= 4 is 16.8 Å². The number of benzene rings is 1. The van der Waals surface area contributed by atoms with Gasteiger partial charge in [-0.15, -0.1) is 23.4 Å². The van der Waals surface area contributed by atoms with Gasteiger partial charge in [0.15, 0.2) is 17.2 Å². The molecule has 0 unspecified atom stereocenters. The van der Waals surface area contributed by atoms with Gasteiger partial charge in [0.1, 0.15) is 11.8 Å². The van der Waals surface area contributed by atoms with Crippen molar-refractivity contribution in [2.75, 3.05) is 6.61 Å². The summed E-state index contributed by atoms with van der Waals surface area (Å²) in [5.74, 6) is -2.76. The standard InChI is InChI=1S/C22H19F5N4O4/c23-13-8-11-2-4-15(29-16(11)9-14(13)24)18(32)28-12-3-5-17(33-10-12)19-30-31-20(34-19)21(6-1-7-21)35-22(25,26)27/h2,4,8-9,12,17H,1,3,5-7,10H2,(H,28,32)/t12-,17+/m1/s1. The molecular formula is C22H19F5N4O4. The molecule has 186 valence electrons. The molecule has 1 amide bonds. The third kappa shape index (κ3) is 4.82. The molecule has 5 rings (SSSR count). The summed E-state index contributed by atoms with van der Waals surface area (Å²) in [7, 11) is 0. The predicted octanol–water partition coefficient (Wildman–Crippen LogP) is 4.46. The van der Waals surface area contributed by atoms with Crippen LogP contribution < -0.4 is 5.32 Å². The molecule has 1 aliphatic heterocycles. The SMILES string of the molecule is O=C(N[C@@H]1CC[C@@H](c2nnc(C3(OC(F)(F)F)CCC3)o2)OC1)c1ccc2cc(F)c(F)cc2n1. The molecule has 13 heteroatoms. The van der Waals surface area contributed by atoms with Crippen LogP contribution in [0.1, 0.15) is 60.5 Å². The highest BCUT2D eigenvalue weighted by Gasteiger charge is 2.52. The third-order valence-corrected chi connectivity index (χ3v) is 6.15. The molecule has 1 saturated carbocycles. The molecule has 2 fully saturated rings. The summed E-state index contributed by atoms with van der Waals surface area (Å²) in [5.41, 5.74) is -1.49. The maximum atomic E-state index is 13.5. The molecule has 2 atom stereocenters. The van der Waals surface area contributed by atoms with E-state index in [2.05, 4.69) is 25.2 Å². The van der Waals surface area contributed by atoms with Gasteiger partial charge in [-0.1, -0.05) is 6.07 Å². The molecule has 8 nitrogen and oxygen atoms in total. The molecule has 3 heterocycles. The lowest BCUT2D eigenvalue weighted by Crippen LogP contribution is -2.42. The Morgan fingerprint density at radius 2 is 1.89 bits per heavy atom. The molecule has 1 aliphatic carbocycles. The molecule has 1 aromatic carbocycles. The van der Waals surface area contributed by atoms with Crippen LogP contribution in [0.15, 0.2) is 28.7 Å². The lowest BCUT2D eigenvalue weighted by molar-refractivity contribution is -0.387. The zero-order valence-electron chi connectivity index (χ0n) is 18.1. The Morgan fingerprint density at radius 3 is 2.54 bits per heavy atom. The monoisotopic (exact) mass is 498 g/mol. The van der Waals surface area contributed by atoms with Crippen LogP contribution in [0.2, 0.25) is 0 Å². The highest BCUT2D eigenvalue weighted by molar-refractivity contribution is 5.95. The Morgan fingerprint density at radius 1 is 1.11 bits per heavy atom. The maximum absolute atomic E-state index is 13.5. The average molecular weight is 498 g/mol. The molecule has 0 bridgehead atoms. The number of hydrogen-bond donors (Lipinski definition) is 1. The maximum Gasteiger partial charge on any atom is 0.523 e. The Kier molecular flexibility index (Phi) is 5.91. The second kappa shape index (κ2) is 8.79. The van der Waals surface area contributed by atoms with Gasteiger partial charge in [-0.05, 0) is 44.2 Å². The normalized spacial score (nSPS) is 22.1. The van der Waals surface area contributed by atoms with Gasteiger partial charge >= 0.3 is 6.36 Å². The minimum atomic E-state index is -4.83. The largest absolute Gasteiger partial charge is 0.523 e. The Hall–Kier alpha value is -3.19. The summed E-state index contributed by atoms with van der Waals surface area (Å²) >= 11 is 0. The second-order valence-corrected chi connectivity index (χ2v) is 8.57. The lowest BCUT2D eigenvalue weighted by atomic mass is 9.80. The van der Waals surface area contributed by atoms with Crippen molar-refractivity contribution in [3.63, 3.8) is 0 Å². The fourth-order valence-corrected chi connectivity index (χ4v) is 4.19. The lowest BCUT2D eigenvalue weighted by Gasteiger charge is -2.38. The van der Waals surface area contributed by atoms with Gasteiger partial charge in [0, 0.05) is 11.5 Å². The Bertz CT molecular complexity index is 1250. The fourth-order valence-electron chi connectivity index (χ4n) is 4.19. The van der Waals surface area contributed by atoms with E-state index in [1.54, 1.807) is 0 Å². The highest BCUT2D eigenvalue weighted by atomic mass is 19.4. The zero-order chi connectivity index (χ0) is 24.8. The number of hydrogen-bond acceptors (Lipinski definition) is 7. The van der Waals surface area contributed by atoms with E-state index in [-0.39, 0.29) is 48.5 Å². The van der Waals surface area contributed by atoms with E-state index >= 15 is 0 Å². The van der Waals surface area contributed by atoms with E-state index in [1.165, 1.54) is 12.1 Å². The van der Waals surface area contributed by atoms with Crippen LogP contribution in [-0.2, 0) is 15.1 Å². The number of halogens is 5. The van der Waals surface area contributed by atoms with Gasteiger partial charge in [0.05, 0.1) is 18.2 Å². The van der Waals surface area contributed by atoms with E-state index in [4.69, 9.17) is 9.15 Å².